The predicted molar refractivity (Wildman–Crippen MR) is 86.3 cm³/mol. The summed E-state index contributed by atoms with van der Waals surface area (Å²) in [5, 5.41) is 4.56. The monoisotopic (exact) mass is 268 g/mol. The first-order valence-corrected chi connectivity index (χ1v) is 7.40. The summed E-state index contributed by atoms with van der Waals surface area (Å²) in [7, 11) is 0. The van der Waals surface area contributed by atoms with Crippen molar-refractivity contribution in [2.45, 2.75) is 47.5 Å². The van der Waals surface area contributed by atoms with Crippen LogP contribution in [0.3, 0.4) is 0 Å². The highest BCUT2D eigenvalue weighted by Crippen LogP contribution is 2.26. The standard InChI is InChI=1S/C18H24N2/c1-6-8-16(7-2)17-9-10-19-20(17)18-14(4)11-13(3)12-15(18)5/h8-12H,6-7H2,1-5H3/b16-8+. The molecule has 0 aliphatic rings. The Kier molecular flexibility index (Phi) is 4.43. The van der Waals surface area contributed by atoms with Gasteiger partial charge in [0, 0.05) is 0 Å². The van der Waals surface area contributed by atoms with E-state index in [0.717, 1.165) is 12.8 Å². The average molecular weight is 268 g/mol. The predicted octanol–water partition coefficient (Wildman–Crippen LogP) is 5.00. The van der Waals surface area contributed by atoms with Gasteiger partial charge in [0.05, 0.1) is 17.6 Å². The van der Waals surface area contributed by atoms with Gasteiger partial charge in [-0.3, -0.25) is 0 Å². The molecule has 1 aromatic carbocycles. The highest BCUT2D eigenvalue weighted by Gasteiger charge is 2.12. The lowest BCUT2D eigenvalue weighted by atomic mass is 10.0. The fourth-order valence-electron chi connectivity index (χ4n) is 2.91. The molecule has 0 amide bonds. The number of rotatable bonds is 4. The minimum atomic E-state index is 1.03. The SMILES string of the molecule is CC/C=C(\CC)c1ccnn1-c1c(C)cc(C)cc1C. The van der Waals surface area contributed by atoms with Gasteiger partial charge in [-0.25, -0.2) is 4.68 Å². The van der Waals surface area contributed by atoms with Crippen LogP contribution in [0.4, 0.5) is 0 Å². The van der Waals surface area contributed by atoms with E-state index in [1.54, 1.807) is 0 Å². The fourth-order valence-corrected chi connectivity index (χ4v) is 2.91. The quantitative estimate of drug-likeness (QED) is 0.763. The Balaban J connectivity index is 2.61. The van der Waals surface area contributed by atoms with Crippen molar-refractivity contribution in [2.75, 3.05) is 0 Å². The molecule has 2 rings (SSSR count). The molecule has 2 nitrogen and oxygen atoms in total. The minimum Gasteiger partial charge on any atom is -0.233 e. The van der Waals surface area contributed by atoms with E-state index in [1.807, 2.05) is 6.20 Å². The van der Waals surface area contributed by atoms with Gasteiger partial charge in [0.25, 0.3) is 0 Å². The van der Waals surface area contributed by atoms with Crippen molar-refractivity contribution in [2.24, 2.45) is 0 Å². The van der Waals surface area contributed by atoms with Gasteiger partial charge < -0.3 is 0 Å². The Morgan fingerprint density at radius 2 is 1.80 bits per heavy atom. The van der Waals surface area contributed by atoms with Gasteiger partial charge in [-0.15, -0.1) is 0 Å². The second-order valence-electron chi connectivity index (χ2n) is 5.37. The zero-order valence-electron chi connectivity index (χ0n) is 13.2. The first-order chi connectivity index (χ1) is 9.58. The van der Waals surface area contributed by atoms with E-state index in [1.165, 1.54) is 33.6 Å². The normalized spacial score (nSPS) is 11.9. The molecule has 1 aromatic heterocycles. The summed E-state index contributed by atoms with van der Waals surface area (Å²) in [6.07, 6.45) is 6.28. The van der Waals surface area contributed by atoms with E-state index in [2.05, 4.69) is 68.7 Å². The van der Waals surface area contributed by atoms with Crippen LogP contribution in [0.15, 0.2) is 30.5 Å². The summed E-state index contributed by atoms with van der Waals surface area (Å²) in [6.45, 7) is 10.8. The van der Waals surface area contributed by atoms with E-state index in [4.69, 9.17) is 0 Å². The van der Waals surface area contributed by atoms with Crippen LogP contribution in [0.25, 0.3) is 11.3 Å². The molecule has 106 valence electrons. The number of nitrogens with zero attached hydrogens (tertiary/aromatic N) is 2. The van der Waals surface area contributed by atoms with Crippen LogP contribution in [-0.2, 0) is 0 Å². The smallest absolute Gasteiger partial charge is 0.0711 e. The molecule has 0 bridgehead atoms. The number of hydrogen-bond donors (Lipinski definition) is 0. The van der Waals surface area contributed by atoms with Crippen molar-refractivity contribution in [3.63, 3.8) is 0 Å². The first kappa shape index (κ1) is 14.6. The third-order valence-corrected chi connectivity index (χ3v) is 3.65. The summed E-state index contributed by atoms with van der Waals surface area (Å²) in [5.74, 6) is 0. The highest BCUT2D eigenvalue weighted by molar-refractivity contribution is 5.65. The van der Waals surface area contributed by atoms with Crippen molar-refractivity contribution < 1.29 is 0 Å². The molecule has 0 saturated heterocycles. The lowest BCUT2D eigenvalue weighted by molar-refractivity contribution is 0.845. The van der Waals surface area contributed by atoms with E-state index in [9.17, 15) is 0 Å². The molecule has 0 aliphatic carbocycles. The molecule has 0 radical (unpaired) electrons. The molecule has 0 aliphatic heterocycles. The Labute approximate surface area is 122 Å². The molecule has 0 saturated carbocycles. The Morgan fingerprint density at radius 3 is 2.35 bits per heavy atom. The van der Waals surface area contributed by atoms with E-state index in [0.29, 0.717) is 0 Å². The lowest BCUT2D eigenvalue weighted by Gasteiger charge is -2.15. The number of hydrogen-bond acceptors (Lipinski definition) is 1. The number of aryl methyl sites for hydroxylation is 3. The summed E-state index contributed by atoms with van der Waals surface area (Å²) < 4.78 is 2.09. The van der Waals surface area contributed by atoms with Crippen molar-refractivity contribution in [1.29, 1.82) is 0 Å². The molecule has 0 unspecified atom stereocenters. The molecule has 0 N–H and O–H groups in total. The van der Waals surface area contributed by atoms with Gasteiger partial charge in [0.15, 0.2) is 0 Å². The topological polar surface area (TPSA) is 17.8 Å². The second kappa shape index (κ2) is 6.08. The summed E-state index contributed by atoms with van der Waals surface area (Å²) >= 11 is 0. The zero-order valence-corrected chi connectivity index (χ0v) is 13.2. The van der Waals surface area contributed by atoms with E-state index in [-0.39, 0.29) is 0 Å². The summed E-state index contributed by atoms with van der Waals surface area (Å²) in [4.78, 5) is 0. The van der Waals surface area contributed by atoms with Crippen LogP contribution < -0.4 is 0 Å². The van der Waals surface area contributed by atoms with Crippen molar-refractivity contribution in [1.82, 2.24) is 9.78 Å². The molecule has 0 spiro atoms. The van der Waals surface area contributed by atoms with Crippen LogP contribution >= 0.6 is 0 Å². The Morgan fingerprint density at radius 1 is 1.15 bits per heavy atom. The second-order valence-corrected chi connectivity index (χ2v) is 5.37. The highest BCUT2D eigenvalue weighted by atomic mass is 15.3. The molecule has 2 heteroatoms. The third-order valence-electron chi connectivity index (χ3n) is 3.65. The zero-order chi connectivity index (χ0) is 14.7. The van der Waals surface area contributed by atoms with Gasteiger partial charge in [0.1, 0.15) is 0 Å². The molecular weight excluding hydrogens is 244 g/mol. The molecular formula is C18H24N2. The minimum absolute atomic E-state index is 1.03. The van der Waals surface area contributed by atoms with Crippen molar-refractivity contribution in [3.05, 3.63) is 52.9 Å². The lowest BCUT2D eigenvalue weighted by Crippen LogP contribution is -2.06. The molecule has 0 fully saturated rings. The molecule has 0 atom stereocenters. The van der Waals surface area contributed by atoms with Gasteiger partial charge in [-0.1, -0.05) is 37.6 Å². The molecule has 2 aromatic rings. The Bertz CT molecular complexity index is 610. The maximum Gasteiger partial charge on any atom is 0.0711 e. The third kappa shape index (κ3) is 2.69. The first-order valence-electron chi connectivity index (χ1n) is 7.40. The van der Waals surface area contributed by atoms with Crippen LogP contribution in [0.2, 0.25) is 0 Å². The summed E-state index contributed by atoms with van der Waals surface area (Å²) in [5.41, 5.74) is 7.65. The molecule has 20 heavy (non-hydrogen) atoms. The number of benzene rings is 1. The van der Waals surface area contributed by atoms with Gasteiger partial charge in [-0.2, -0.15) is 5.10 Å². The Hall–Kier alpha value is -1.83. The van der Waals surface area contributed by atoms with Crippen molar-refractivity contribution in [3.8, 4) is 5.69 Å². The maximum atomic E-state index is 4.56. The van der Waals surface area contributed by atoms with Gasteiger partial charge in [0.2, 0.25) is 0 Å². The van der Waals surface area contributed by atoms with E-state index >= 15 is 0 Å². The average Bonchev–Trinajstić information content (AvgIpc) is 2.83. The van der Waals surface area contributed by atoms with Crippen LogP contribution in [0, 0.1) is 20.8 Å². The fraction of sp³-hybridized carbons (Fsp3) is 0.389. The maximum absolute atomic E-state index is 4.56. The number of aromatic nitrogens is 2. The van der Waals surface area contributed by atoms with Gasteiger partial charge >= 0.3 is 0 Å². The summed E-state index contributed by atoms with van der Waals surface area (Å²) in [6, 6.07) is 6.57. The van der Waals surface area contributed by atoms with Crippen LogP contribution in [0.5, 0.6) is 0 Å². The number of allylic oxidation sites excluding steroid dienone is 2. The molecule has 1 heterocycles. The largest absolute Gasteiger partial charge is 0.233 e. The van der Waals surface area contributed by atoms with Crippen LogP contribution in [-0.4, -0.2) is 9.78 Å². The van der Waals surface area contributed by atoms with Crippen molar-refractivity contribution >= 4 is 5.57 Å². The van der Waals surface area contributed by atoms with Crippen LogP contribution in [0.1, 0.15) is 49.1 Å². The van der Waals surface area contributed by atoms with E-state index < -0.39 is 0 Å². The van der Waals surface area contributed by atoms with Gasteiger partial charge in [-0.05, 0) is 56.4 Å².